The van der Waals surface area contributed by atoms with E-state index in [9.17, 15) is 9.59 Å². The Kier molecular flexibility index (Phi) is 5.09. The molecule has 8 heteroatoms. The summed E-state index contributed by atoms with van der Waals surface area (Å²) >= 11 is 0. The second-order valence-electron chi connectivity index (χ2n) is 7.41. The molecule has 2 amide bonds. The molecule has 32 heavy (non-hydrogen) atoms. The molecule has 0 bridgehead atoms. The molecular formula is C24H20N6O2. The zero-order valence-corrected chi connectivity index (χ0v) is 17.1. The van der Waals surface area contributed by atoms with E-state index in [1.807, 2.05) is 42.5 Å². The van der Waals surface area contributed by atoms with Crippen molar-refractivity contribution in [3.63, 3.8) is 0 Å². The van der Waals surface area contributed by atoms with Gasteiger partial charge in [-0.05, 0) is 36.4 Å². The molecule has 3 aromatic heterocycles. The smallest absolute Gasteiger partial charge is 0.322 e. The standard InChI is InChI=1S/C24H20N6O2/c31-20-15-30(24(32)28-18-7-4-10-26-13-18)14-19-21(20)23(27-17-5-2-1-3-6-17)22(29-19)16-8-11-25-12-9-16/h1-13,27,29H,14-15H2,(H,28,32). The molecule has 0 fully saturated rings. The summed E-state index contributed by atoms with van der Waals surface area (Å²) in [6.07, 6.45) is 6.61. The maximum atomic E-state index is 13.2. The molecule has 0 atom stereocenters. The maximum absolute atomic E-state index is 13.2. The number of hydrogen-bond donors (Lipinski definition) is 3. The van der Waals surface area contributed by atoms with Gasteiger partial charge in [-0.2, -0.15) is 0 Å². The van der Waals surface area contributed by atoms with E-state index in [1.54, 1.807) is 36.9 Å². The Balaban J connectivity index is 1.50. The van der Waals surface area contributed by atoms with Gasteiger partial charge in [-0.1, -0.05) is 18.2 Å². The minimum Gasteiger partial charge on any atom is -0.355 e. The number of hydrogen-bond acceptors (Lipinski definition) is 5. The molecule has 4 aromatic rings. The van der Waals surface area contributed by atoms with Crippen molar-refractivity contribution in [2.75, 3.05) is 17.2 Å². The zero-order chi connectivity index (χ0) is 21.9. The van der Waals surface area contributed by atoms with E-state index in [2.05, 4.69) is 25.6 Å². The van der Waals surface area contributed by atoms with Gasteiger partial charge in [0.15, 0.2) is 5.78 Å². The lowest BCUT2D eigenvalue weighted by molar-refractivity contribution is 0.0925. The number of nitrogens with one attached hydrogen (secondary N) is 3. The van der Waals surface area contributed by atoms with Gasteiger partial charge in [0.25, 0.3) is 0 Å². The van der Waals surface area contributed by atoms with Crippen LogP contribution in [0.3, 0.4) is 0 Å². The highest BCUT2D eigenvalue weighted by molar-refractivity contribution is 6.10. The fourth-order valence-electron chi connectivity index (χ4n) is 3.79. The number of anilines is 3. The number of aromatic amines is 1. The lowest BCUT2D eigenvalue weighted by Crippen LogP contribution is -2.41. The molecule has 4 heterocycles. The van der Waals surface area contributed by atoms with Crippen LogP contribution < -0.4 is 10.6 Å². The fourth-order valence-corrected chi connectivity index (χ4v) is 3.79. The highest BCUT2D eigenvalue weighted by atomic mass is 16.2. The molecule has 0 unspecified atom stereocenters. The summed E-state index contributed by atoms with van der Waals surface area (Å²) in [5.74, 6) is -0.137. The number of Topliss-reactive ketones (excluding diaryl/α,β-unsaturated/α-hetero) is 1. The number of H-pyrrole nitrogens is 1. The molecule has 1 aliphatic heterocycles. The molecule has 158 valence electrons. The van der Waals surface area contributed by atoms with E-state index >= 15 is 0 Å². The predicted molar refractivity (Wildman–Crippen MR) is 122 cm³/mol. The molecule has 0 saturated carbocycles. The van der Waals surface area contributed by atoms with Gasteiger partial charge in [-0.3, -0.25) is 14.8 Å². The monoisotopic (exact) mass is 424 g/mol. The van der Waals surface area contributed by atoms with Crippen LogP contribution in [0.4, 0.5) is 21.9 Å². The van der Waals surface area contributed by atoms with Crippen LogP contribution in [-0.2, 0) is 6.54 Å². The number of carbonyl (C=O) groups excluding carboxylic acids is 2. The third-order valence-corrected chi connectivity index (χ3v) is 5.25. The van der Waals surface area contributed by atoms with Crippen LogP contribution in [0.15, 0.2) is 79.4 Å². The van der Waals surface area contributed by atoms with E-state index in [0.717, 1.165) is 16.9 Å². The van der Waals surface area contributed by atoms with Gasteiger partial charge in [0.2, 0.25) is 0 Å². The van der Waals surface area contributed by atoms with Crippen molar-refractivity contribution in [3.8, 4) is 11.3 Å². The first-order valence-electron chi connectivity index (χ1n) is 10.2. The molecule has 1 aliphatic rings. The zero-order valence-electron chi connectivity index (χ0n) is 17.1. The number of rotatable bonds is 4. The van der Waals surface area contributed by atoms with Gasteiger partial charge < -0.3 is 20.5 Å². The first kappa shape index (κ1) is 19.5. The number of fused-ring (bicyclic) bond motifs is 1. The Hall–Kier alpha value is -4.46. The van der Waals surface area contributed by atoms with E-state index in [4.69, 9.17) is 0 Å². The van der Waals surface area contributed by atoms with Gasteiger partial charge >= 0.3 is 6.03 Å². The lowest BCUT2D eigenvalue weighted by Gasteiger charge is -2.26. The highest BCUT2D eigenvalue weighted by Crippen LogP contribution is 2.37. The Morgan fingerprint density at radius 2 is 1.69 bits per heavy atom. The number of urea groups is 1. The van der Waals surface area contributed by atoms with E-state index in [-0.39, 0.29) is 24.9 Å². The third kappa shape index (κ3) is 3.81. The number of aromatic nitrogens is 3. The minimum atomic E-state index is -0.352. The first-order valence-corrected chi connectivity index (χ1v) is 10.2. The largest absolute Gasteiger partial charge is 0.355 e. The van der Waals surface area contributed by atoms with Gasteiger partial charge in [0.1, 0.15) is 0 Å². The van der Waals surface area contributed by atoms with Crippen molar-refractivity contribution in [1.82, 2.24) is 19.9 Å². The maximum Gasteiger partial charge on any atom is 0.322 e. The number of carbonyl (C=O) groups is 2. The molecule has 0 saturated heterocycles. The Bertz CT molecular complexity index is 1260. The van der Waals surface area contributed by atoms with Crippen LogP contribution >= 0.6 is 0 Å². The predicted octanol–water partition coefficient (Wildman–Crippen LogP) is 4.45. The Morgan fingerprint density at radius 3 is 2.44 bits per heavy atom. The number of benzene rings is 1. The van der Waals surface area contributed by atoms with E-state index in [0.29, 0.717) is 22.6 Å². The molecule has 1 aromatic carbocycles. The Morgan fingerprint density at radius 1 is 0.906 bits per heavy atom. The van der Waals surface area contributed by atoms with Crippen molar-refractivity contribution >= 4 is 28.9 Å². The van der Waals surface area contributed by atoms with Gasteiger partial charge in [0, 0.05) is 35.5 Å². The van der Waals surface area contributed by atoms with E-state index < -0.39 is 0 Å². The molecule has 0 radical (unpaired) electrons. The summed E-state index contributed by atoms with van der Waals surface area (Å²) in [7, 11) is 0. The fraction of sp³-hybridized carbons (Fsp3) is 0.0833. The molecular weight excluding hydrogens is 404 g/mol. The average Bonchev–Trinajstić information content (AvgIpc) is 3.19. The van der Waals surface area contributed by atoms with Gasteiger partial charge in [0.05, 0.1) is 41.9 Å². The van der Waals surface area contributed by atoms with Crippen molar-refractivity contribution in [2.45, 2.75) is 6.54 Å². The average molecular weight is 424 g/mol. The summed E-state index contributed by atoms with van der Waals surface area (Å²) in [6.45, 7) is 0.262. The minimum absolute atomic E-state index is 0.0177. The second kappa shape index (κ2) is 8.35. The number of pyridine rings is 2. The number of amides is 2. The first-order chi connectivity index (χ1) is 15.7. The Labute approximate surface area is 184 Å². The number of para-hydroxylation sites is 1. The topological polar surface area (TPSA) is 103 Å². The van der Waals surface area contributed by atoms with Crippen molar-refractivity contribution in [3.05, 3.63) is 90.6 Å². The van der Waals surface area contributed by atoms with Crippen LogP contribution in [-0.4, -0.2) is 38.2 Å². The third-order valence-electron chi connectivity index (χ3n) is 5.25. The molecule has 3 N–H and O–H groups in total. The van der Waals surface area contributed by atoms with Crippen LogP contribution in [0.2, 0.25) is 0 Å². The number of nitrogens with zero attached hydrogens (tertiary/aromatic N) is 3. The SMILES string of the molecule is O=C1CN(C(=O)Nc2cccnc2)Cc2[nH]c(-c3ccncc3)c(Nc3ccccc3)c21. The normalized spacial score (nSPS) is 12.9. The highest BCUT2D eigenvalue weighted by Gasteiger charge is 2.32. The molecule has 5 rings (SSSR count). The quantitative estimate of drug-likeness (QED) is 0.449. The summed E-state index contributed by atoms with van der Waals surface area (Å²) in [5, 5.41) is 6.18. The lowest BCUT2D eigenvalue weighted by atomic mass is 10.0. The van der Waals surface area contributed by atoms with Crippen molar-refractivity contribution in [2.24, 2.45) is 0 Å². The van der Waals surface area contributed by atoms with Crippen molar-refractivity contribution < 1.29 is 9.59 Å². The molecule has 0 aliphatic carbocycles. The summed E-state index contributed by atoms with van der Waals surface area (Å²) < 4.78 is 0. The summed E-state index contributed by atoms with van der Waals surface area (Å²) in [4.78, 5) is 38.9. The second-order valence-corrected chi connectivity index (χ2v) is 7.41. The molecule has 0 spiro atoms. The van der Waals surface area contributed by atoms with Crippen LogP contribution in [0.5, 0.6) is 0 Å². The summed E-state index contributed by atoms with van der Waals surface area (Å²) in [6, 6.07) is 16.6. The van der Waals surface area contributed by atoms with Crippen molar-refractivity contribution in [1.29, 1.82) is 0 Å². The van der Waals surface area contributed by atoms with Gasteiger partial charge in [-0.15, -0.1) is 0 Å². The molecule has 8 nitrogen and oxygen atoms in total. The van der Waals surface area contributed by atoms with Crippen LogP contribution in [0.25, 0.3) is 11.3 Å². The van der Waals surface area contributed by atoms with Crippen LogP contribution in [0.1, 0.15) is 16.1 Å². The van der Waals surface area contributed by atoms with Crippen LogP contribution in [0, 0.1) is 0 Å². The number of ketones is 1. The summed E-state index contributed by atoms with van der Waals surface area (Å²) in [5.41, 5.74) is 5.09. The van der Waals surface area contributed by atoms with Gasteiger partial charge in [-0.25, -0.2) is 4.79 Å². The van der Waals surface area contributed by atoms with E-state index in [1.165, 1.54) is 4.90 Å².